The Hall–Kier alpha value is -0.850. The zero-order chi connectivity index (χ0) is 13.1. The van der Waals surface area contributed by atoms with Gasteiger partial charge in [-0.05, 0) is 32.2 Å². The van der Waals surface area contributed by atoms with Crippen LogP contribution < -0.4 is 10.0 Å². The lowest BCUT2D eigenvalue weighted by atomic mass is 10.3. The van der Waals surface area contributed by atoms with E-state index >= 15 is 0 Å². The molecule has 0 saturated carbocycles. The van der Waals surface area contributed by atoms with E-state index in [4.69, 9.17) is 11.6 Å². The van der Waals surface area contributed by atoms with Crippen molar-refractivity contribution in [3.8, 4) is 0 Å². The van der Waals surface area contributed by atoms with Gasteiger partial charge in [0.15, 0.2) is 0 Å². The van der Waals surface area contributed by atoms with Crippen molar-refractivity contribution in [2.75, 3.05) is 18.3 Å². The van der Waals surface area contributed by atoms with Crippen molar-refractivity contribution in [3.63, 3.8) is 0 Å². The van der Waals surface area contributed by atoms with E-state index in [0.29, 0.717) is 0 Å². The van der Waals surface area contributed by atoms with Crippen LogP contribution in [0.4, 0.5) is 10.1 Å². The quantitative estimate of drug-likeness (QED) is 0.865. The summed E-state index contributed by atoms with van der Waals surface area (Å²) in [5, 5.41) is 2.34. The first-order valence-corrected chi connectivity index (χ1v) is 6.90. The van der Waals surface area contributed by atoms with Crippen LogP contribution in [0.2, 0.25) is 5.02 Å². The molecule has 0 saturated heterocycles. The lowest BCUT2D eigenvalue weighted by molar-refractivity contribution is 0.582. The molecule has 7 heteroatoms. The third-order valence-electron chi connectivity index (χ3n) is 2.20. The van der Waals surface area contributed by atoms with Crippen LogP contribution in [0, 0.1) is 5.82 Å². The van der Waals surface area contributed by atoms with Gasteiger partial charge in [0.1, 0.15) is 5.82 Å². The lowest BCUT2D eigenvalue weighted by Gasteiger charge is -2.14. The predicted molar refractivity (Wildman–Crippen MR) is 67.3 cm³/mol. The summed E-state index contributed by atoms with van der Waals surface area (Å²) in [6, 6.07) is 3.70. The summed E-state index contributed by atoms with van der Waals surface area (Å²) >= 11 is 5.67. The van der Waals surface area contributed by atoms with Crippen LogP contribution in [0.15, 0.2) is 18.2 Å². The van der Waals surface area contributed by atoms with Crippen molar-refractivity contribution >= 4 is 27.3 Å². The molecular weight excluding hydrogens is 267 g/mol. The molecule has 0 aromatic heterocycles. The third-order valence-corrected chi connectivity index (χ3v) is 4.17. The fourth-order valence-corrected chi connectivity index (χ4v) is 2.45. The first-order valence-electron chi connectivity index (χ1n) is 4.98. The van der Waals surface area contributed by atoms with Gasteiger partial charge in [-0.15, -0.1) is 0 Å². The van der Waals surface area contributed by atoms with Gasteiger partial charge in [-0.1, -0.05) is 11.6 Å². The number of halogens is 2. The Labute approximate surface area is 105 Å². The molecule has 0 aliphatic carbocycles. The number of hydrogen-bond donors (Lipinski definition) is 2. The maximum Gasteiger partial charge on any atom is 0.236 e. The summed E-state index contributed by atoms with van der Waals surface area (Å²) in [5.41, 5.74) is -0.138. The van der Waals surface area contributed by atoms with E-state index in [1.165, 1.54) is 19.1 Å². The van der Waals surface area contributed by atoms with Crippen molar-refractivity contribution in [2.45, 2.75) is 12.2 Å². The second-order valence-corrected chi connectivity index (χ2v) is 6.17. The Morgan fingerprint density at radius 2 is 2.12 bits per heavy atom. The largest absolute Gasteiger partial charge is 0.318 e. The van der Waals surface area contributed by atoms with Gasteiger partial charge >= 0.3 is 0 Å². The van der Waals surface area contributed by atoms with Crippen molar-refractivity contribution < 1.29 is 12.8 Å². The Bertz CT molecular complexity index is 493. The Kier molecular flexibility index (Phi) is 4.73. The Morgan fingerprint density at radius 1 is 1.47 bits per heavy atom. The van der Waals surface area contributed by atoms with Crippen LogP contribution in [0.5, 0.6) is 0 Å². The Balaban J connectivity index is 2.94. The summed E-state index contributed by atoms with van der Waals surface area (Å²) in [4.78, 5) is 0. The van der Waals surface area contributed by atoms with E-state index in [0.717, 1.165) is 6.07 Å². The molecule has 1 rings (SSSR count). The average Bonchev–Trinajstić information content (AvgIpc) is 2.23. The zero-order valence-corrected chi connectivity index (χ0v) is 11.1. The van der Waals surface area contributed by atoms with Crippen molar-refractivity contribution in [3.05, 3.63) is 29.0 Å². The van der Waals surface area contributed by atoms with Gasteiger partial charge in [0, 0.05) is 11.6 Å². The molecule has 0 heterocycles. The SMILES string of the molecule is CNCC(C)S(=O)(=O)Nc1cc(Cl)ccc1F. The molecule has 4 nitrogen and oxygen atoms in total. The second kappa shape index (κ2) is 5.66. The van der Waals surface area contributed by atoms with E-state index in [1.807, 2.05) is 0 Å². The maximum absolute atomic E-state index is 13.3. The maximum atomic E-state index is 13.3. The lowest BCUT2D eigenvalue weighted by Crippen LogP contribution is -2.33. The van der Waals surface area contributed by atoms with Gasteiger partial charge in [-0.25, -0.2) is 12.8 Å². The molecule has 0 fully saturated rings. The van der Waals surface area contributed by atoms with Crippen LogP contribution in [0.3, 0.4) is 0 Å². The molecule has 96 valence electrons. The molecule has 0 bridgehead atoms. The van der Waals surface area contributed by atoms with Gasteiger partial charge in [-0.3, -0.25) is 4.72 Å². The average molecular weight is 281 g/mol. The van der Waals surface area contributed by atoms with Crippen molar-refractivity contribution in [1.29, 1.82) is 0 Å². The minimum atomic E-state index is -3.63. The summed E-state index contributed by atoms with van der Waals surface area (Å²) < 4.78 is 39.1. The minimum Gasteiger partial charge on any atom is -0.318 e. The molecule has 1 aromatic rings. The highest BCUT2D eigenvalue weighted by molar-refractivity contribution is 7.93. The van der Waals surface area contributed by atoms with E-state index in [2.05, 4.69) is 10.0 Å². The van der Waals surface area contributed by atoms with Crippen molar-refractivity contribution in [2.24, 2.45) is 0 Å². The zero-order valence-electron chi connectivity index (χ0n) is 9.50. The van der Waals surface area contributed by atoms with Crippen molar-refractivity contribution in [1.82, 2.24) is 5.32 Å². The molecule has 0 aliphatic heterocycles. The molecule has 0 spiro atoms. The highest BCUT2D eigenvalue weighted by Crippen LogP contribution is 2.21. The number of benzene rings is 1. The molecule has 1 atom stereocenters. The summed E-state index contributed by atoms with van der Waals surface area (Å²) in [5.74, 6) is -0.658. The van der Waals surface area contributed by atoms with E-state index in [9.17, 15) is 12.8 Å². The number of nitrogens with one attached hydrogen (secondary N) is 2. The first-order chi connectivity index (χ1) is 7.86. The molecule has 1 unspecified atom stereocenters. The highest BCUT2D eigenvalue weighted by atomic mass is 35.5. The second-order valence-electron chi connectivity index (χ2n) is 3.64. The van der Waals surface area contributed by atoms with Gasteiger partial charge in [0.25, 0.3) is 0 Å². The standard InChI is InChI=1S/C10H14ClFN2O2S/c1-7(6-13-2)17(15,16)14-10-5-8(11)3-4-9(10)12/h3-5,7,13-14H,6H2,1-2H3. The van der Waals surface area contributed by atoms with Gasteiger partial charge in [0.05, 0.1) is 10.9 Å². The van der Waals surface area contributed by atoms with E-state index < -0.39 is 21.1 Å². The van der Waals surface area contributed by atoms with Gasteiger partial charge < -0.3 is 5.32 Å². The fourth-order valence-electron chi connectivity index (χ4n) is 1.23. The molecule has 0 radical (unpaired) electrons. The summed E-state index contributed by atoms with van der Waals surface area (Å²) in [7, 11) is -1.98. The monoisotopic (exact) mass is 280 g/mol. The molecule has 17 heavy (non-hydrogen) atoms. The highest BCUT2D eigenvalue weighted by Gasteiger charge is 2.21. The van der Waals surface area contributed by atoms with Crippen LogP contribution in [0.25, 0.3) is 0 Å². The number of hydrogen-bond acceptors (Lipinski definition) is 3. The van der Waals surface area contributed by atoms with E-state index in [1.54, 1.807) is 7.05 Å². The summed E-state index contributed by atoms with van der Waals surface area (Å²) in [6.07, 6.45) is 0. The number of rotatable bonds is 5. The van der Waals surface area contributed by atoms with Crippen LogP contribution in [-0.4, -0.2) is 27.3 Å². The number of sulfonamides is 1. The van der Waals surface area contributed by atoms with Crippen LogP contribution in [0.1, 0.15) is 6.92 Å². The fraction of sp³-hybridized carbons (Fsp3) is 0.400. The molecule has 0 aliphatic rings. The smallest absolute Gasteiger partial charge is 0.236 e. The minimum absolute atomic E-state index is 0.138. The topological polar surface area (TPSA) is 58.2 Å². The Morgan fingerprint density at radius 3 is 2.71 bits per heavy atom. The number of anilines is 1. The van der Waals surface area contributed by atoms with Gasteiger partial charge in [-0.2, -0.15) is 0 Å². The van der Waals surface area contributed by atoms with E-state index in [-0.39, 0.29) is 17.3 Å². The van der Waals surface area contributed by atoms with Crippen LogP contribution in [-0.2, 0) is 10.0 Å². The third kappa shape index (κ3) is 3.83. The normalized spacial score (nSPS) is 13.4. The summed E-state index contributed by atoms with van der Waals surface area (Å²) in [6.45, 7) is 1.80. The molecule has 1 aromatic carbocycles. The predicted octanol–water partition coefficient (Wildman–Crippen LogP) is 1.83. The van der Waals surface area contributed by atoms with Crippen LogP contribution >= 0.6 is 11.6 Å². The molecular formula is C10H14ClFN2O2S. The molecule has 0 amide bonds. The molecule has 2 N–H and O–H groups in total. The van der Waals surface area contributed by atoms with Gasteiger partial charge in [0.2, 0.25) is 10.0 Å². The first kappa shape index (κ1) is 14.2.